The lowest BCUT2D eigenvalue weighted by atomic mass is 10.1. The van der Waals surface area contributed by atoms with E-state index in [-0.39, 0.29) is 23.7 Å². The maximum absolute atomic E-state index is 12.0. The first-order valence-electron chi connectivity index (χ1n) is 8.46. The number of ether oxygens (including phenoxy) is 1. The number of nitrogens with one attached hydrogen (secondary N) is 1. The van der Waals surface area contributed by atoms with Gasteiger partial charge in [-0.3, -0.25) is 14.6 Å². The lowest BCUT2D eigenvalue weighted by Gasteiger charge is -2.15. The molecular weight excluding hydrogens is 318 g/mol. The largest absolute Gasteiger partial charge is 0.478 e. The van der Waals surface area contributed by atoms with Gasteiger partial charge in [-0.2, -0.15) is 0 Å². The molecule has 0 atom stereocenters. The summed E-state index contributed by atoms with van der Waals surface area (Å²) < 4.78 is 7.49. The maximum atomic E-state index is 12.0. The van der Waals surface area contributed by atoms with E-state index in [0.717, 1.165) is 24.2 Å². The van der Waals surface area contributed by atoms with E-state index in [1.54, 1.807) is 18.6 Å². The van der Waals surface area contributed by atoms with Crippen LogP contribution in [0.5, 0.6) is 5.75 Å². The Balaban J connectivity index is 1.94. The van der Waals surface area contributed by atoms with Gasteiger partial charge in [-0.05, 0) is 30.9 Å². The first kappa shape index (κ1) is 18.7. The van der Waals surface area contributed by atoms with Crippen molar-refractivity contribution in [2.45, 2.75) is 40.3 Å². The highest BCUT2D eigenvalue weighted by Crippen LogP contribution is 2.13. The van der Waals surface area contributed by atoms with E-state index in [4.69, 9.17) is 4.74 Å². The van der Waals surface area contributed by atoms with Crippen LogP contribution in [0.2, 0.25) is 0 Å². The van der Waals surface area contributed by atoms with Gasteiger partial charge >= 0.3 is 0 Å². The summed E-state index contributed by atoms with van der Waals surface area (Å²) in [7, 11) is 0. The van der Waals surface area contributed by atoms with Crippen molar-refractivity contribution < 1.29 is 9.53 Å². The van der Waals surface area contributed by atoms with Gasteiger partial charge in [-0.15, -0.1) is 0 Å². The Bertz CT molecular complexity index is 754. The van der Waals surface area contributed by atoms with Crippen molar-refractivity contribution in [3.8, 4) is 5.75 Å². The van der Waals surface area contributed by atoms with Gasteiger partial charge in [-0.1, -0.05) is 19.9 Å². The Kier molecular flexibility index (Phi) is 6.74. The molecule has 0 saturated heterocycles. The van der Waals surface area contributed by atoms with Crippen molar-refractivity contribution in [3.05, 3.63) is 58.3 Å². The minimum atomic E-state index is -0.278. The summed E-state index contributed by atoms with van der Waals surface area (Å²) in [5.74, 6) is 0.532. The summed E-state index contributed by atoms with van der Waals surface area (Å²) in [4.78, 5) is 28.0. The van der Waals surface area contributed by atoms with Gasteiger partial charge in [0.05, 0.1) is 5.69 Å². The first-order chi connectivity index (χ1) is 12.0. The second kappa shape index (κ2) is 9.01. The van der Waals surface area contributed by atoms with Gasteiger partial charge < -0.3 is 14.6 Å². The Labute approximate surface area is 147 Å². The molecule has 25 heavy (non-hydrogen) atoms. The number of nitrogens with zero attached hydrogens (tertiary/aromatic N) is 2. The summed E-state index contributed by atoms with van der Waals surface area (Å²) in [6, 6.07) is 5.17. The molecule has 0 aliphatic rings. The molecule has 1 amide bonds. The van der Waals surface area contributed by atoms with Crippen LogP contribution < -0.4 is 15.5 Å². The standard InChI is InChI=1S/C19H25N3O3/c1-14(2)6-9-22-10-7-17(23)19(15(22)3)25-13-18(24)21-12-16-5-4-8-20-11-16/h4-5,7-8,10-11,14H,6,9,12-13H2,1-3H3,(H,21,24). The third-order valence-electron chi connectivity index (χ3n) is 3.90. The number of carbonyl (C=O) groups is 1. The summed E-state index contributed by atoms with van der Waals surface area (Å²) in [5, 5.41) is 2.75. The second-order valence-electron chi connectivity index (χ2n) is 6.40. The monoisotopic (exact) mass is 343 g/mol. The van der Waals surface area contributed by atoms with Crippen LogP contribution in [0.25, 0.3) is 0 Å². The first-order valence-corrected chi connectivity index (χ1v) is 8.46. The topological polar surface area (TPSA) is 73.2 Å². The summed E-state index contributed by atoms with van der Waals surface area (Å²) >= 11 is 0. The molecule has 0 aliphatic heterocycles. The molecule has 0 fully saturated rings. The average molecular weight is 343 g/mol. The van der Waals surface area contributed by atoms with Crippen molar-refractivity contribution >= 4 is 5.91 Å². The van der Waals surface area contributed by atoms with Crippen LogP contribution in [0.3, 0.4) is 0 Å². The van der Waals surface area contributed by atoms with E-state index in [0.29, 0.717) is 12.5 Å². The van der Waals surface area contributed by atoms with Crippen molar-refractivity contribution in [1.29, 1.82) is 0 Å². The zero-order valence-electron chi connectivity index (χ0n) is 15.0. The van der Waals surface area contributed by atoms with Gasteiger partial charge in [0.1, 0.15) is 0 Å². The van der Waals surface area contributed by atoms with E-state index in [9.17, 15) is 9.59 Å². The predicted molar refractivity (Wildman–Crippen MR) is 96.5 cm³/mol. The highest BCUT2D eigenvalue weighted by atomic mass is 16.5. The molecule has 2 heterocycles. The van der Waals surface area contributed by atoms with E-state index >= 15 is 0 Å². The molecule has 0 aliphatic carbocycles. The molecule has 0 radical (unpaired) electrons. The normalized spacial score (nSPS) is 10.7. The van der Waals surface area contributed by atoms with Crippen LogP contribution >= 0.6 is 0 Å². The highest BCUT2D eigenvalue weighted by Gasteiger charge is 2.11. The molecule has 2 aromatic heterocycles. The smallest absolute Gasteiger partial charge is 0.258 e. The van der Waals surface area contributed by atoms with Crippen LogP contribution in [0.4, 0.5) is 0 Å². The summed E-state index contributed by atoms with van der Waals surface area (Å²) in [6.07, 6.45) is 6.15. The van der Waals surface area contributed by atoms with Crippen molar-refractivity contribution in [2.75, 3.05) is 6.61 Å². The van der Waals surface area contributed by atoms with Crippen LogP contribution in [0, 0.1) is 12.8 Å². The molecule has 0 unspecified atom stereocenters. The van der Waals surface area contributed by atoms with Crippen molar-refractivity contribution in [1.82, 2.24) is 14.9 Å². The number of pyridine rings is 2. The van der Waals surface area contributed by atoms with Crippen LogP contribution in [0.1, 0.15) is 31.5 Å². The van der Waals surface area contributed by atoms with E-state index in [1.807, 2.05) is 23.6 Å². The third-order valence-corrected chi connectivity index (χ3v) is 3.90. The number of amides is 1. The average Bonchev–Trinajstić information content (AvgIpc) is 2.60. The third kappa shape index (κ3) is 5.74. The predicted octanol–water partition coefficient (Wildman–Crippen LogP) is 2.29. The molecule has 6 heteroatoms. The molecule has 134 valence electrons. The SMILES string of the molecule is Cc1c(OCC(=O)NCc2cccnc2)c(=O)ccn1CCC(C)C. The molecular formula is C19H25N3O3. The van der Waals surface area contributed by atoms with Crippen LogP contribution in [-0.2, 0) is 17.9 Å². The van der Waals surface area contributed by atoms with Gasteiger partial charge in [0, 0.05) is 37.7 Å². The Morgan fingerprint density at radius 3 is 2.84 bits per heavy atom. The van der Waals surface area contributed by atoms with Crippen LogP contribution in [-0.4, -0.2) is 22.1 Å². The second-order valence-corrected chi connectivity index (χ2v) is 6.40. The number of hydrogen-bond acceptors (Lipinski definition) is 4. The highest BCUT2D eigenvalue weighted by molar-refractivity contribution is 5.77. The van der Waals surface area contributed by atoms with Gasteiger partial charge in [-0.25, -0.2) is 0 Å². The number of aryl methyl sites for hydroxylation is 1. The number of rotatable bonds is 8. The molecule has 0 bridgehead atoms. The molecule has 2 aromatic rings. The Morgan fingerprint density at radius 2 is 2.16 bits per heavy atom. The Morgan fingerprint density at radius 1 is 1.36 bits per heavy atom. The summed E-state index contributed by atoms with van der Waals surface area (Å²) in [5.41, 5.74) is 1.44. The molecule has 2 rings (SSSR count). The molecule has 0 spiro atoms. The fourth-order valence-corrected chi connectivity index (χ4v) is 2.36. The fourth-order valence-electron chi connectivity index (χ4n) is 2.36. The zero-order valence-corrected chi connectivity index (χ0v) is 15.0. The Hall–Kier alpha value is -2.63. The maximum Gasteiger partial charge on any atom is 0.258 e. The minimum absolute atomic E-state index is 0.190. The lowest BCUT2D eigenvalue weighted by molar-refractivity contribution is -0.123. The van der Waals surface area contributed by atoms with Gasteiger partial charge in [0.15, 0.2) is 12.4 Å². The molecule has 0 saturated carbocycles. The number of aromatic nitrogens is 2. The minimum Gasteiger partial charge on any atom is -0.478 e. The van der Waals surface area contributed by atoms with E-state index in [2.05, 4.69) is 24.1 Å². The quantitative estimate of drug-likeness (QED) is 0.798. The van der Waals surface area contributed by atoms with Crippen LogP contribution in [0.15, 0.2) is 41.6 Å². The van der Waals surface area contributed by atoms with E-state index < -0.39 is 0 Å². The summed E-state index contributed by atoms with van der Waals surface area (Å²) in [6.45, 7) is 7.15. The zero-order chi connectivity index (χ0) is 18.2. The van der Waals surface area contributed by atoms with Crippen molar-refractivity contribution in [3.63, 3.8) is 0 Å². The van der Waals surface area contributed by atoms with Gasteiger partial charge in [0.25, 0.3) is 5.91 Å². The van der Waals surface area contributed by atoms with Crippen molar-refractivity contribution in [2.24, 2.45) is 5.92 Å². The number of hydrogen-bond donors (Lipinski definition) is 1. The van der Waals surface area contributed by atoms with E-state index in [1.165, 1.54) is 6.07 Å². The molecule has 0 aromatic carbocycles. The number of carbonyl (C=O) groups excluding carboxylic acids is 1. The molecule has 6 nitrogen and oxygen atoms in total. The fraction of sp³-hybridized carbons (Fsp3) is 0.421. The molecule has 1 N–H and O–H groups in total. The lowest BCUT2D eigenvalue weighted by Crippen LogP contribution is -2.29. The van der Waals surface area contributed by atoms with Gasteiger partial charge in [0.2, 0.25) is 5.43 Å².